The van der Waals surface area contributed by atoms with Crippen LogP contribution < -0.4 is 5.32 Å². The standard InChI is InChI=1S/C16H14ClNO3/c17-13-6-5-12(3-1-9-19)15(11-13)18-16(20)8-7-14-4-2-10-21-14/h2,4-6,10-11,19H,7-9H2,(H,18,20). The molecule has 21 heavy (non-hydrogen) atoms. The molecule has 5 heteroatoms. The summed E-state index contributed by atoms with van der Waals surface area (Å²) in [5.74, 6) is 5.93. The number of aliphatic hydroxyl groups excluding tert-OH is 1. The molecule has 2 N–H and O–H groups in total. The van der Waals surface area contributed by atoms with Gasteiger partial charge in [-0.3, -0.25) is 4.79 Å². The highest BCUT2D eigenvalue weighted by Crippen LogP contribution is 2.20. The fraction of sp³-hybridized carbons (Fsp3) is 0.188. The summed E-state index contributed by atoms with van der Waals surface area (Å²) in [6.07, 6.45) is 2.40. The van der Waals surface area contributed by atoms with Crippen molar-refractivity contribution >= 4 is 23.2 Å². The largest absolute Gasteiger partial charge is 0.469 e. The minimum Gasteiger partial charge on any atom is -0.469 e. The summed E-state index contributed by atoms with van der Waals surface area (Å²) in [5, 5.41) is 12.0. The third-order valence-electron chi connectivity index (χ3n) is 2.74. The minimum absolute atomic E-state index is 0.152. The van der Waals surface area contributed by atoms with E-state index in [0.717, 1.165) is 5.76 Å². The first-order valence-electron chi connectivity index (χ1n) is 6.40. The SMILES string of the molecule is O=C(CCc1ccco1)Nc1cc(Cl)ccc1C#CCO. The fourth-order valence-electron chi connectivity index (χ4n) is 1.77. The Morgan fingerprint density at radius 3 is 2.95 bits per heavy atom. The molecule has 0 aliphatic heterocycles. The summed E-state index contributed by atoms with van der Waals surface area (Å²) >= 11 is 5.93. The van der Waals surface area contributed by atoms with Crippen LogP contribution in [0.5, 0.6) is 0 Å². The van der Waals surface area contributed by atoms with E-state index in [1.54, 1.807) is 30.5 Å². The number of carbonyl (C=O) groups is 1. The van der Waals surface area contributed by atoms with E-state index in [2.05, 4.69) is 17.2 Å². The molecule has 0 unspecified atom stereocenters. The number of amides is 1. The summed E-state index contributed by atoms with van der Waals surface area (Å²) in [6, 6.07) is 8.62. The number of hydrogen-bond acceptors (Lipinski definition) is 3. The van der Waals surface area contributed by atoms with Gasteiger partial charge in [0.2, 0.25) is 5.91 Å². The maximum Gasteiger partial charge on any atom is 0.224 e. The van der Waals surface area contributed by atoms with E-state index in [1.807, 2.05) is 6.07 Å². The Morgan fingerprint density at radius 2 is 2.24 bits per heavy atom. The smallest absolute Gasteiger partial charge is 0.224 e. The molecule has 0 atom stereocenters. The number of halogens is 1. The van der Waals surface area contributed by atoms with E-state index < -0.39 is 0 Å². The average molecular weight is 304 g/mol. The van der Waals surface area contributed by atoms with Crippen LogP contribution in [-0.4, -0.2) is 17.6 Å². The normalized spacial score (nSPS) is 9.81. The second-order valence-corrected chi connectivity index (χ2v) is 4.71. The van der Waals surface area contributed by atoms with Crippen molar-refractivity contribution in [1.82, 2.24) is 0 Å². The molecule has 1 amide bonds. The molecule has 108 valence electrons. The van der Waals surface area contributed by atoms with Gasteiger partial charge in [0.25, 0.3) is 0 Å². The molecule has 0 aliphatic carbocycles. The summed E-state index contributed by atoms with van der Waals surface area (Å²) in [5.41, 5.74) is 1.15. The lowest BCUT2D eigenvalue weighted by molar-refractivity contribution is -0.116. The first kappa shape index (κ1) is 15.2. The maximum absolute atomic E-state index is 12.0. The third kappa shape index (κ3) is 4.67. The molecule has 1 heterocycles. The van der Waals surface area contributed by atoms with Gasteiger partial charge in [0.1, 0.15) is 12.4 Å². The van der Waals surface area contributed by atoms with Gasteiger partial charge in [0.05, 0.1) is 12.0 Å². The Kier molecular flexibility index (Phi) is 5.44. The predicted octanol–water partition coefficient (Wildman–Crippen LogP) is 2.85. The van der Waals surface area contributed by atoms with Crippen molar-refractivity contribution in [2.45, 2.75) is 12.8 Å². The summed E-state index contributed by atoms with van der Waals surface area (Å²) < 4.78 is 5.18. The van der Waals surface area contributed by atoms with Crippen molar-refractivity contribution in [3.63, 3.8) is 0 Å². The number of carbonyl (C=O) groups excluding carboxylic acids is 1. The zero-order chi connectivity index (χ0) is 15.1. The van der Waals surface area contributed by atoms with Crippen LogP contribution in [0.25, 0.3) is 0 Å². The van der Waals surface area contributed by atoms with Crippen LogP contribution >= 0.6 is 11.6 Å². The highest BCUT2D eigenvalue weighted by atomic mass is 35.5. The quantitative estimate of drug-likeness (QED) is 0.854. The number of benzene rings is 1. The topological polar surface area (TPSA) is 62.5 Å². The summed E-state index contributed by atoms with van der Waals surface area (Å²) in [7, 11) is 0. The molecule has 0 spiro atoms. The number of aryl methyl sites for hydroxylation is 1. The minimum atomic E-state index is -0.242. The molecule has 0 fully saturated rings. The van der Waals surface area contributed by atoms with E-state index >= 15 is 0 Å². The number of furan rings is 1. The molecule has 1 aromatic carbocycles. The Morgan fingerprint density at radius 1 is 1.38 bits per heavy atom. The van der Waals surface area contributed by atoms with Gasteiger partial charge < -0.3 is 14.8 Å². The molecular formula is C16H14ClNO3. The zero-order valence-corrected chi connectivity index (χ0v) is 12.0. The van der Waals surface area contributed by atoms with Gasteiger partial charge in [-0.25, -0.2) is 0 Å². The number of nitrogens with one attached hydrogen (secondary N) is 1. The van der Waals surface area contributed by atoms with Crippen molar-refractivity contribution in [3.8, 4) is 11.8 Å². The van der Waals surface area contributed by atoms with Gasteiger partial charge >= 0.3 is 0 Å². The van der Waals surface area contributed by atoms with Crippen LogP contribution in [0.3, 0.4) is 0 Å². The molecule has 1 aromatic heterocycles. The first-order chi connectivity index (χ1) is 10.2. The third-order valence-corrected chi connectivity index (χ3v) is 2.97. The van der Waals surface area contributed by atoms with Crippen molar-refractivity contribution in [2.75, 3.05) is 11.9 Å². The first-order valence-corrected chi connectivity index (χ1v) is 6.78. The Balaban J connectivity index is 2.03. The monoisotopic (exact) mass is 303 g/mol. The molecule has 0 saturated carbocycles. The lowest BCUT2D eigenvalue weighted by Crippen LogP contribution is -2.13. The molecule has 0 saturated heterocycles. The second kappa shape index (κ2) is 7.53. The molecule has 0 radical (unpaired) electrons. The number of hydrogen-bond donors (Lipinski definition) is 2. The molecule has 4 nitrogen and oxygen atoms in total. The summed E-state index contributed by atoms with van der Waals surface area (Å²) in [6.45, 7) is -0.242. The van der Waals surface area contributed by atoms with Crippen LogP contribution in [0.2, 0.25) is 5.02 Å². The Labute approximate surface area is 127 Å². The Bertz CT molecular complexity index is 669. The van der Waals surface area contributed by atoms with E-state index in [9.17, 15) is 4.79 Å². The van der Waals surface area contributed by atoms with Gasteiger partial charge in [-0.1, -0.05) is 23.4 Å². The van der Waals surface area contributed by atoms with Crippen LogP contribution in [-0.2, 0) is 11.2 Å². The zero-order valence-electron chi connectivity index (χ0n) is 11.2. The highest BCUT2D eigenvalue weighted by Gasteiger charge is 2.08. The lowest BCUT2D eigenvalue weighted by Gasteiger charge is -2.07. The van der Waals surface area contributed by atoms with Gasteiger partial charge in [0.15, 0.2) is 0 Å². The molecular weight excluding hydrogens is 290 g/mol. The number of aliphatic hydroxyl groups is 1. The number of rotatable bonds is 4. The predicted molar refractivity (Wildman–Crippen MR) is 81.1 cm³/mol. The van der Waals surface area contributed by atoms with Crippen molar-refractivity contribution in [1.29, 1.82) is 0 Å². The van der Waals surface area contributed by atoms with E-state index in [1.165, 1.54) is 0 Å². The van der Waals surface area contributed by atoms with Gasteiger partial charge in [-0.2, -0.15) is 0 Å². The molecule has 2 aromatic rings. The molecule has 0 bridgehead atoms. The lowest BCUT2D eigenvalue weighted by atomic mass is 10.1. The maximum atomic E-state index is 12.0. The number of anilines is 1. The Hall–Kier alpha value is -2.22. The van der Waals surface area contributed by atoms with Gasteiger partial charge in [-0.05, 0) is 30.3 Å². The van der Waals surface area contributed by atoms with Crippen LogP contribution in [0.4, 0.5) is 5.69 Å². The van der Waals surface area contributed by atoms with Crippen LogP contribution in [0.1, 0.15) is 17.7 Å². The van der Waals surface area contributed by atoms with Gasteiger partial charge in [-0.15, -0.1) is 0 Å². The van der Waals surface area contributed by atoms with Gasteiger partial charge in [0, 0.05) is 23.4 Å². The fourth-order valence-corrected chi connectivity index (χ4v) is 1.94. The van der Waals surface area contributed by atoms with Crippen LogP contribution in [0, 0.1) is 11.8 Å². The summed E-state index contributed by atoms with van der Waals surface area (Å²) in [4.78, 5) is 12.0. The van der Waals surface area contributed by atoms with E-state index in [-0.39, 0.29) is 12.5 Å². The van der Waals surface area contributed by atoms with Crippen LogP contribution in [0.15, 0.2) is 41.0 Å². The second-order valence-electron chi connectivity index (χ2n) is 4.28. The van der Waals surface area contributed by atoms with E-state index in [0.29, 0.717) is 29.1 Å². The van der Waals surface area contributed by atoms with E-state index in [4.69, 9.17) is 21.1 Å². The van der Waals surface area contributed by atoms with Crippen molar-refractivity contribution in [3.05, 3.63) is 52.9 Å². The highest BCUT2D eigenvalue weighted by molar-refractivity contribution is 6.31. The molecule has 0 aliphatic rings. The average Bonchev–Trinajstić information content (AvgIpc) is 2.98. The van der Waals surface area contributed by atoms with Crippen molar-refractivity contribution < 1.29 is 14.3 Å². The molecule has 2 rings (SSSR count). The van der Waals surface area contributed by atoms with Crippen molar-refractivity contribution in [2.24, 2.45) is 0 Å².